The molecule has 0 aliphatic rings. The zero-order valence-corrected chi connectivity index (χ0v) is 12.2. The van der Waals surface area contributed by atoms with Gasteiger partial charge in [0.05, 0.1) is 0 Å². The highest BCUT2D eigenvalue weighted by Gasteiger charge is 2.02. The Morgan fingerprint density at radius 2 is 1.90 bits per heavy atom. The number of hydrogen-bond donors (Lipinski definition) is 1. The van der Waals surface area contributed by atoms with E-state index in [0.29, 0.717) is 0 Å². The maximum absolute atomic E-state index is 4.33. The minimum atomic E-state index is 0.782. The zero-order chi connectivity index (χ0) is 14.1. The summed E-state index contributed by atoms with van der Waals surface area (Å²) in [6.45, 7) is 0.782. The van der Waals surface area contributed by atoms with Gasteiger partial charge in [-0.1, -0.05) is 24.3 Å². The third-order valence-electron chi connectivity index (χ3n) is 3.69. The van der Waals surface area contributed by atoms with Gasteiger partial charge in [-0.05, 0) is 46.0 Å². The van der Waals surface area contributed by atoms with Gasteiger partial charge in [-0.2, -0.15) is 0 Å². The predicted molar refractivity (Wildman–Crippen MR) is 90.9 cm³/mol. The molecule has 0 atom stereocenters. The van der Waals surface area contributed by atoms with Crippen LogP contribution >= 0.6 is 11.3 Å². The highest BCUT2D eigenvalue weighted by atomic mass is 32.1. The molecular weight excluding hydrogens is 276 g/mol. The van der Waals surface area contributed by atoms with Gasteiger partial charge in [-0.15, -0.1) is 11.3 Å². The smallest absolute Gasteiger partial charge is 0.0422 e. The molecule has 2 aromatic carbocycles. The fourth-order valence-electron chi connectivity index (χ4n) is 2.59. The van der Waals surface area contributed by atoms with Gasteiger partial charge in [0.25, 0.3) is 0 Å². The first kappa shape index (κ1) is 12.4. The van der Waals surface area contributed by atoms with Crippen molar-refractivity contribution in [1.82, 2.24) is 4.98 Å². The first-order valence-corrected chi connectivity index (χ1v) is 7.81. The number of aromatic nitrogens is 1. The molecule has 0 amide bonds. The van der Waals surface area contributed by atoms with Crippen LogP contribution in [0.15, 0.2) is 66.3 Å². The van der Waals surface area contributed by atoms with E-state index in [1.54, 1.807) is 11.3 Å². The molecule has 0 bridgehead atoms. The van der Waals surface area contributed by atoms with Crippen molar-refractivity contribution in [1.29, 1.82) is 0 Å². The second-order valence-corrected chi connectivity index (χ2v) is 5.99. The summed E-state index contributed by atoms with van der Waals surface area (Å²) in [5.74, 6) is 0. The molecule has 0 saturated carbocycles. The molecule has 0 spiro atoms. The first-order valence-electron chi connectivity index (χ1n) is 6.93. The number of fused-ring (bicyclic) bond motifs is 2. The predicted octanol–water partition coefficient (Wildman–Crippen LogP) is 5.06. The number of hydrogen-bond acceptors (Lipinski definition) is 3. The lowest BCUT2D eigenvalue weighted by atomic mass is 10.1. The lowest BCUT2D eigenvalue weighted by molar-refractivity contribution is 1.14. The van der Waals surface area contributed by atoms with Crippen LogP contribution in [0.5, 0.6) is 0 Å². The Bertz CT molecular complexity index is 906. The summed E-state index contributed by atoms with van der Waals surface area (Å²) in [5.41, 5.74) is 2.37. The van der Waals surface area contributed by atoms with E-state index in [2.05, 4.69) is 58.1 Å². The third-order valence-corrected chi connectivity index (χ3v) is 4.58. The standard InChI is InChI=1S/C18H14N2S/c1-2-4-17-14(3-1)10-19-11-15(17)12-20-16-5-6-18-13(9-16)7-8-21-18/h1-11,20H,12H2. The summed E-state index contributed by atoms with van der Waals surface area (Å²) in [6.07, 6.45) is 3.86. The minimum Gasteiger partial charge on any atom is -0.381 e. The molecule has 21 heavy (non-hydrogen) atoms. The Morgan fingerprint density at radius 3 is 2.90 bits per heavy atom. The number of benzene rings is 2. The molecule has 4 aromatic rings. The second-order valence-electron chi connectivity index (χ2n) is 5.05. The van der Waals surface area contributed by atoms with Crippen molar-refractivity contribution in [3.8, 4) is 0 Å². The molecule has 4 rings (SSSR count). The van der Waals surface area contributed by atoms with Gasteiger partial charge in [-0.25, -0.2) is 0 Å². The highest BCUT2D eigenvalue weighted by molar-refractivity contribution is 7.17. The van der Waals surface area contributed by atoms with E-state index in [1.807, 2.05) is 18.5 Å². The first-order chi connectivity index (χ1) is 10.4. The summed E-state index contributed by atoms with van der Waals surface area (Å²) in [5, 5.41) is 9.37. The van der Waals surface area contributed by atoms with Crippen molar-refractivity contribution >= 4 is 37.9 Å². The maximum Gasteiger partial charge on any atom is 0.0422 e. The summed E-state index contributed by atoms with van der Waals surface area (Å²) in [4.78, 5) is 4.33. The Kier molecular flexibility index (Phi) is 3.05. The lowest BCUT2D eigenvalue weighted by Gasteiger charge is -2.09. The molecule has 0 saturated heterocycles. The molecule has 0 unspecified atom stereocenters. The van der Waals surface area contributed by atoms with Gasteiger partial charge in [0.1, 0.15) is 0 Å². The second kappa shape index (κ2) is 5.19. The quantitative estimate of drug-likeness (QED) is 0.570. The van der Waals surface area contributed by atoms with Crippen LogP contribution in [0.2, 0.25) is 0 Å². The molecule has 2 nitrogen and oxygen atoms in total. The van der Waals surface area contributed by atoms with Crippen molar-refractivity contribution in [2.45, 2.75) is 6.54 Å². The molecule has 1 N–H and O–H groups in total. The topological polar surface area (TPSA) is 24.9 Å². The average molecular weight is 290 g/mol. The summed E-state index contributed by atoms with van der Waals surface area (Å²) in [7, 11) is 0. The lowest BCUT2D eigenvalue weighted by Crippen LogP contribution is -2.00. The largest absolute Gasteiger partial charge is 0.381 e. The number of pyridine rings is 1. The van der Waals surface area contributed by atoms with E-state index in [-0.39, 0.29) is 0 Å². The van der Waals surface area contributed by atoms with Gasteiger partial charge in [0, 0.05) is 34.7 Å². The maximum atomic E-state index is 4.33. The number of thiophene rings is 1. The van der Waals surface area contributed by atoms with Gasteiger partial charge in [0.2, 0.25) is 0 Å². The summed E-state index contributed by atoms with van der Waals surface area (Å²) in [6, 6.07) is 17.0. The molecule has 102 valence electrons. The highest BCUT2D eigenvalue weighted by Crippen LogP contribution is 2.25. The fraction of sp³-hybridized carbons (Fsp3) is 0.0556. The Balaban J connectivity index is 1.63. The van der Waals surface area contributed by atoms with E-state index >= 15 is 0 Å². The Hall–Kier alpha value is -2.39. The number of nitrogens with zero attached hydrogens (tertiary/aromatic N) is 1. The normalized spacial score (nSPS) is 11.0. The van der Waals surface area contributed by atoms with Gasteiger partial charge in [-0.3, -0.25) is 4.98 Å². The third kappa shape index (κ3) is 2.36. The molecule has 2 heterocycles. The van der Waals surface area contributed by atoms with Crippen LogP contribution in [0.25, 0.3) is 20.9 Å². The SMILES string of the molecule is c1ccc2c(CNc3ccc4sccc4c3)cncc2c1. The summed E-state index contributed by atoms with van der Waals surface area (Å²) < 4.78 is 1.33. The van der Waals surface area contributed by atoms with Crippen LogP contribution in [0.1, 0.15) is 5.56 Å². The van der Waals surface area contributed by atoms with Crippen LogP contribution in [0, 0.1) is 0 Å². The van der Waals surface area contributed by atoms with E-state index in [1.165, 1.54) is 26.4 Å². The van der Waals surface area contributed by atoms with Crippen molar-refractivity contribution in [3.05, 3.63) is 71.9 Å². The monoisotopic (exact) mass is 290 g/mol. The van der Waals surface area contributed by atoms with Crippen LogP contribution in [-0.2, 0) is 6.54 Å². The van der Waals surface area contributed by atoms with Crippen LogP contribution < -0.4 is 5.32 Å². The molecule has 0 fully saturated rings. The Morgan fingerprint density at radius 1 is 0.952 bits per heavy atom. The van der Waals surface area contributed by atoms with Crippen molar-refractivity contribution < 1.29 is 0 Å². The van der Waals surface area contributed by atoms with E-state index in [9.17, 15) is 0 Å². The number of nitrogens with one attached hydrogen (secondary N) is 1. The van der Waals surface area contributed by atoms with Crippen LogP contribution in [-0.4, -0.2) is 4.98 Å². The van der Waals surface area contributed by atoms with Gasteiger partial charge in [0.15, 0.2) is 0 Å². The van der Waals surface area contributed by atoms with Crippen LogP contribution in [0.4, 0.5) is 5.69 Å². The average Bonchev–Trinajstić information content (AvgIpc) is 3.00. The molecule has 0 radical (unpaired) electrons. The van der Waals surface area contributed by atoms with Gasteiger partial charge >= 0.3 is 0 Å². The van der Waals surface area contributed by atoms with Crippen LogP contribution in [0.3, 0.4) is 0 Å². The molecule has 3 heteroatoms. The number of anilines is 1. The summed E-state index contributed by atoms with van der Waals surface area (Å²) >= 11 is 1.77. The van der Waals surface area contributed by atoms with E-state index in [0.717, 1.165) is 12.2 Å². The zero-order valence-electron chi connectivity index (χ0n) is 11.4. The van der Waals surface area contributed by atoms with E-state index in [4.69, 9.17) is 0 Å². The minimum absolute atomic E-state index is 0.782. The van der Waals surface area contributed by atoms with Crippen molar-refractivity contribution in [3.63, 3.8) is 0 Å². The van der Waals surface area contributed by atoms with E-state index < -0.39 is 0 Å². The molecule has 0 aliphatic heterocycles. The molecular formula is C18H14N2S. The molecule has 0 aliphatic carbocycles. The number of rotatable bonds is 3. The Labute approximate surface area is 127 Å². The molecule has 2 aromatic heterocycles. The fourth-order valence-corrected chi connectivity index (χ4v) is 3.36. The van der Waals surface area contributed by atoms with Gasteiger partial charge < -0.3 is 5.32 Å². The van der Waals surface area contributed by atoms with Crippen molar-refractivity contribution in [2.24, 2.45) is 0 Å². The van der Waals surface area contributed by atoms with Crippen molar-refractivity contribution in [2.75, 3.05) is 5.32 Å².